The Labute approximate surface area is 160 Å². The minimum atomic E-state index is 1.06. The third-order valence-electron chi connectivity index (χ3n) is 4.67. The molecule has 0 aliphatic heterocycles. The summed E-state index contributed by atoms with van der Waals surface area (Å²) >= 11 is 0. The molecule has 1 heteroatoms. The third kappa shape index (κ3) is 3.68. The molecule has 0 amide bonds. The van der Waals surface area contributed by atoms with Crippen molar-refractivity contribution in [3.05, 3.63) is 115 Å². The molecular formula is C26H21N. The molecule has 0 heterocycles. The number of hydrogen-bond donors (Lipinski definition) is 1. The molecule has 0 saturated heterocycles. The molecular weight excluding hydrogens is 326 g/mol. The first-order valence-corrected chi connectivity index (χ1v) is 9.08. The molecule has 4 rings (SSSR count). The van der Waals surface area contributed by atoms with Crippen LogP contribution in [-0.2, 0) is 0 Å². The van der Waals surface area contributed by atoms with Crippen molar-refractivity contribution >= 4 is 17.5 Å². The summed E-state index contributed by atoms with van der Waals surface area (Å²) in [5.74, 6) is 0. The minimum absolute atomic E-state index is 1.06. The van der Waals surface area contributed by atoms with Gasteiger partial charge in [0.25, 0.3) is 0 Å². The molecule has 0 spiro atoms. The van der Waals surface area contributed by atoms with Gasteiger partial charge in [-0.05, 0) is 46.0 Å². The molecule has 130 valence electrons. The Morgan fingerprint density at radius 1 is 0.556 bits per heavy atom. The van der Waals surface area contributed by atoms with E-state index in [-0.39, 0.29) is 0 Å². The second-order valence-corrected chi connectivity index (χ2v) is 6.41. The Balaban J connectivity index is 1.65. The average Bonchev–Trinajstić information content (AvgIpc) is 2.75. The molecule has 0 saturated carbocycles. The van der Waals surface area contributed by atoms with Crippen LogP contribution in [0.15, 0.2) is 110 Å². The molecule has 0 aliphatic carbocycles. The molecule has 1 nitrogen and oxygen atoms in total. The summed E-state index contributed by atoms with van der Waals surface area (Å²) in [5.41, 5.74) is 8.14. The molecule has 27 heavy (non-hydrogen) atoms. The van der Waals surface area contributed by atoms with Gasteiger partial charge in [-0.15, -0.1) is 0 Å². The quantitative estimate of drug-likeness (QED) is 0.396. The van der Waals surface area contributed by atoms with Gasteiger partial charge in [0.2, 0.25) is 0 Å². The van der Waals surface area contributed by atoms with Crippen LogP contribution in [-0.4, -0.2) is 0 Å². The number of nitrogens with one attached hydrogen (secondary N) is 1. The third-order valence-corrected chi connectivity index (χ3v) is 4.67. The maximum Gasteiger partial charge on any atom is 0.0457 e. The van der Waals surface area contributed by atoms with Gasteiger partial charge in [-0.25, -0.2) is 0 Å². The predicted octanol–water partition coefficient (Wildman–Crippen LogP) is 7.41. The fourth-order valence-corrected chi connectivity index (χ4v) is 3.28. The molecule has 0 fully saturated rings. The zero-order valence-corrected chi connectivity index (χ0v) is 15.1. The molecule has 0 radical (unpaired) electrons. The fraction of sp³-hybridized carbons (Fsp3) is 0. The lowest BCUT2D eigenvalue weighted by molar-refractivity contribution is 1.52. The molecule has 4 aromatic rings. The second kappa shape index (κ2) is 7.76. The second-order valence-electron chi connectivity index (χ2n) is 6.41. The van der Waals surface area contributed by atoms with Crippen molar-refractivity contribution in [2.75, 3.05) is 5.32 Å². The van der Waals surface area contributed by atoms with Crippen molar-refractivity contribution in [2.24, 2.45) is 0 Å². The van der Waals surface area contributed by atoms with E-state index in [1.807, 2.05) is 24.3 Å². The van der Waals surface area contributed by atoms with E-state index in [9.17, 15) is 0 Å². The van der Waals surface area contributed by atoms with Gasteiger partial charge in [0, 0.05) is 11.4 Å². The fourth-order valence-electron chi connectivity index (χ4n) is 3.28. The van der Waals surface area contributed by atoms with E-state index in [4.69, 9.17) is 0 Å². The lowest BCUT2D eigenvalue weighted by Gasteiger charge is -2.12. The topological polar surface area (TPSA) is 12.0 Å². The van der Waals surface area contributed by atoms with E-state index in [1.165, 1.54) is 22.3 Å². The SMILES string of the molecule is C=Cc1ccccc1Nc1ccc(-c2ccccc2-c2ccccc2)cc1. The van der Waals surface area contributed by atoms with Crippen LogP contribution in [0.3, 0.4) is 0 Å². The first kappa shape index (κ1) is 16.9. The van der Waals surface area contributed by atoms with Crippen LogP contribution in [0.2, 0.25) is 0 Å². The number of para-hydroxylation sites is 1. The monoisotopic (exact) mass is 347 g/mol. The zero-order valence-electron chi connectivity index (χ0n) is 15.1. The van der Waals surface area contributed by atoms with Crippen LogP contribution in [0, 0.1) is 0 Å². The van der Waals surface area contributed by atoms with Gasteiger partial charge in [0.05, 0.1) is 0 Å². The van der Waals surface area contributed by atoms with Gasteiger partial charge in [-0.1, -0.05) is 97.6 Å². The number of hydrogen-bond acceptors (Lipinski definition) is 1. The first-order valence-electron chi connectivity index (χ1n) is 9.08. The summed E-state index contributed by atoms with van der Waals surface area (Å²) in [6.07, 6.45) is 1.87. The van der Waals surface area contributed by atoms with Crippen LogP contribution >= 0.6 is 0 Å². The number of benzene rings is 4. The molecule has 0 atom stereocenters. The number of rotatable bonds is 5. The van der Waals surface area contributed by atoms with Crippen LogP contribution < -0.4 is 5.32 Å². The molecule has 4 aromatic carbocycles. The summed E-state index contributed by atoms with van der Waals surface area (Å²) in [6, 6.07) is 35.8. The Morgan fingerprint density at radius 3 is 1.78 bits per heavy atom. The van der Waals surface area contributed by atoms with Crippen molar-refractivity contribution in [3.8, 4) is 22.3 Å². The lowest BCUT2D eigenvalue weighted by Crippen LogP contribution is -1.93. The average molecular weight is 347 g/mol. The highest BCUT2D eigenvalue weighted by atomic mass is 14.9. The maximum atomic E-state index is 3.89. The maximum absolute atomic E-state index is 3.89. The molecule has 0 bridgehead atoms. The number of anilines is 2. The first-order chi connectivity index (χ1) is 13.3. The van der Waals surface area contributed by atoms with Crippen molar-refractivity contribution in [1.29, 1.82) is 0 Å². The van der Waals surface area contributed by atoms with Crippen LogP contribution in [0.25, 0.3) is 28.3 Å². The molecule has 0 aromatic heterocycles. The van der Waals surface area contributed by atoms with Gasteiger partial charge in [-0.3, -0.25) is 0 Å². The van der Waals surface area contributed by atoms with E-state index < -0.39 is 0 Å². The zero-order chi connectivity index (χ0) is 18.5. The molecule has 1 N–H and O–H groups in total. The highest BCUT2D eigenvalue weighted by Gasteiger charge is 2.07. The Morgan fingerprint density at radius 2 is 1.11 bits per heavy atom. The summed E-state index contributed by atoms with van der Waals surface area (Å²) in [6.45, 7) is 3.89. The van der Waals surface area contributed by atoms with Crippen LogP contribution in [0.5, 0.6) is 0 Å². The van der Waals surface area contributed by atoms with Crippen molar-refractivity contribution in [2.45, 2.75) is 0 Å². The van der Waals surface area contributed by atoms with Crippen molar-refractivity contribution in [3.63, 3.8) is 0 Å². The minimum Gasteiger partial charge on any atom is -0.355 e. The van der Waals surface area contributed by atoms with E-state index in [0.717, 1.165) is 16.9 Å². The van der Waals surface area contributed by atoms with Crippen LogP contribution in [0.1, 0.15) is 5.56 Å². The van der Waals surface area contributed by atoms with Gasteiger partial charge >= 0.3 is 0 Å². The van der Waals surface area contributed by atoms with Gasteiger partial charge in [0.1, 0.15) is 0 Å². The summed E-state index contributed by atoms with van der Waals surface area (Å²) in [7, 11) is 0. The largest absolute Gasteiger partial charge is 0.355 e. The van der Waals surface area contributed by atoms with E-state index in [0.29, 0.717) is 0 Å². The summed E-state index contributed by atoms with van der Waals surface area (Å²) in [4.78, 5) is 0. The molecule has 0 unspecified atom stereocenters. The van der Waals surface area contributed by atoms with Crippen molar-refractivity contribution in [1.82, 2.24) is 0 Å². The predicted molar refractivity (Wildman–Crippen MR) is 117 cm³/mol. The van der Waals surface area contributed by atoms with E-state index in [2.05, 4.69) is 96.8 Å². The Bertz CT molecular complexity index is 1050. The van der Waals surface area contributed by atoms with E-state index in [1.54, 1.807) is 0 Å². The van der Waals surface area contributed by atoms with E-state index >= 15 is 0 Å². The summed E-state index contributed by atoms with van der Waals surface area (Å²) < 4.78 is 0. The van der Waals surface area contributed by atoms with Gasteiger partial charge in [-0.2, -0.15) is 0 Å². The normalized spacial score (nSPS) is 10.4. The smallest absolute Gasteiger partial charge is 0.0457 e. The standard InChI is InChI=1S/C26H21N/c1-2-20-10-6-9-15-26(20)27-23-18-16-22(17-19-23)25-14-8-7-13-24(25)21-11-4-3-5-12-21/h2-19,27H,1H2. The molecule has 0 aliphatic rings. The summed E-state index contributed by atoms with van der Waals surface area (Å²) in [5, 5.41) is 3.48. The lowest BCUT2D eigenvalue weighted by atomic mass is 9.94. The highest BCUT2D eigenvalue weighted by Crippen LogP contribution is 2.33. The Kier molecular flexibility index (Phi) is 4.84. The van der Waals surface area contributed by atoms with Crippen molar-refractivity contribution < 1.29 is 0 Å². The van der Waals surface area contributed by atoms with Gasteiger partial charge in [0.15, 0.2) is 0 Å². The highest BCUT2D eigenvalue weighted by molar-refractivity contribution is 5.84. The Hall–Kier alpha value is -3.58. The van der Waals surface area contributed by atoms with Gasteiger partial charge < -0.3 is 5.32 Å². The van der Waals surface area contributed by atoms with Crippen LogP contribution in [0.4, 0.5) is 11.4 Å².